The topological polar surface area (TPSA) is 83.6 Å². The van der Waals surface area contributed by atoms with Crippen molar-refractivity contribution in [1.29, 1.82) is 0 Å². The van der Waals surface area contributed by atoms with Crippen LogP contribution in [-0.2, 0) is 6.18 Å². The van der Waals surface area contributed by atoms with Gasteiger partial charge in [0.2, 0.25) is 0 Å². The first-order valence-corrected chi connectivity index (χ1v) is 14.0. The summed E-state index contributed by atoms with van der Waals surface area (Å²) in [7, 11) is 0. The van der Waals surface area contributed by atoms with E-state index in [2.05, 4.69) is 47.4 Å². The van der Waals surface area contributed by atoms with Crippen LogP contribution in [0.25, 0.3) is 22.0 Å². The van der Waals surface area contributed by atoms with Crippen LogP contribution in [0.1, 0.15) is 37.5 Å². The molecule has 0 radical (unpaired) electrons. The molecule has 5 aromatic rings. The molecule has 6 nitrogen and oxygen atoms in total. The van der Waals surface area contributed by atoms with Crippen molar-refractivity contribution in [2.45, 2.75) is 13.1 Å². The van der Waals surface area contributed by atoms with Crippen LogP contribution in [0.15, 0.2) is 99.0 Å². The maximum absolute atomic E-state index is 13.3. The lowest BCUT2D eigenvalue weighted by Crippen LogP contribution is -2.19. The van der Waals surface area contributed by atoms with Gasteiger partial charge in [-0.3, -0.25) is 4.79 Å². The third-order valence-electron chi connectivity index (χ3n) is 6.27. The Morgan fingerprint density at radius 1 is 0.952 bits per heavy atom. The maximum atomic E-state index is 13.3. The summed E-state index contributed by atoms with van der Waals surface area (Å²) in [5.74, 6) is -1.50. The number of nitrogens with zero attached hydrogens (tertiary/aromatic N) is 1. The van der Waals surface area contributed by atoms with Gasteiger partial charge in [0.1, 0.15) is 5.69 Å². The second kappa shape index (κ2) is 11.9. The van der Waals surface area contributed by atoms with Crippen molar-refractivity contribution in [3.63, 3.8) is 0 Å². The number of aromatic amines is 1. The van der Waals surface area contributed by atoms with E-state index in [-0.39, 0.29) is 16.9 Å². The first-order chi connectivity index (χ1) is 20.0. The Morgan fingerprint density at radius 2 is 1.71 bits per heavy atom. The van der Waals surface area contributed by atoms with E-state index in [9.17, 15) is 22.8 Å². The lowest BCUT2D eigenvalue weighted by Gasteiger charge is -2.12. The number of benzene rings is 4. The SMILES string of the molecule is Cc1ccc2[nH]c(C(=O)NN=Cc3cc(Br)cc(Br)c3OC(=O)c3cccc(C(F)(F)F)c3)c(-c3ccccc3)c2c1. The zero-order chi connectivity index (χ0) is 30.0. The Balaban J connectivity index is 1.43. The number of halogens is 5. The molecule has 1 heterocycles. The van der Waals surface area contributed by atoms with Crippen LogP contribution in [-0.4, -0.2) is 23.1 Å². The average Bonchev–Trinajstić information content (AvgIpc) is 3.33. The summed E-state index contributed by atoms with van der Waals surface area (Å²) in [6, 6.07) is 22.5. The molecule has 42 heavy (non-hydrogen) atoms. The number of ether oxygens (including phenoxy) is 1. The van der Waals surface area contributed by atoms with Gasteiger partial charge in [0.05, 0.1) is 21.8 Å². The first-order valence-electron chi connectivity index (χ1n) is 12.4. The molecule has 0 saturated heterocycles. The van der Waals surface area contributed by atoms with Crippen LogP contribution in [0.3, 0.4) is 0 Å². The zero-order valence-corrected chi connectivity index (χ0v) is 24.9. The number of H-pyrrole nitrogens is 1. The standard InChI is InChI=1S/C31H20Br2F3N3O3/c1-17-10-11-25-23(12-17)26(18-6-3-2-4-7-18)27(38-25)29(40)39-37-16-20-14-22(32)15-24(33)28(20)42-30(41)19-8-5-9-21(13-19)31(34,35)36/h2-16,38H,1H3,(H,39,40). The number of amides is 1. The number of carbonyl (C=O) groups is 2. The van der Waals surface area contributed by atoms with Gasteiger partial charge >= 0.3 is 12.1 Å². The normalized spacial score (nSPS) is 11.7. The van der Waals surface area contributed by atoms with Crippen molar-refractivity contribution >= 4 is 60.9 Å². The van der Waals surface area contributed by atoms with Gasteiger partial charge in [0.15, 0.2) is 5.75 Å². The van der Waals surface area contributed by atoms with Crippen molar-refractivity contribution in [2.75, 3.05) is 0 Å². The number of nitrogens with one attached hydrogen (secondary N) is 2. The Morgan fingerprint density at radius 3 is 2.45 bits per heavy atom. The zero-order valence-electron chi connectivity index (χ0n) is 21.7. The number of aryl methyl sites for hydroxylation is 1. The molecule has 1 amide bonds. The van der Waals surface area contributed by atoms with Crippen LogP contribution in [0.4, 0.5) is 13.2 Å². The molecule has 5 rings (SSSR count). The van der Waals surface area contributed by atoms with Crippen molar-refractivity contribution in [3.05, 3.63) is 122 Å². The highest BCUT2D eigenvalue weighted by Gasteiger charge is 2.31. The molecule has 4 aromatic carbocycles. The number of fused-ring (bicyclic) bond motifs is 1. The van der Waals surface area contributed by atoms with Crippen molar-refractivity contribution in [2.24, 2.45) is 5.10 Å². The number of hydrazone groups is 1. The number of hydrogen-bond donors (Lipinski definition) is 2. The highest BCUT2D eigenvalue weighted by atomic mass is 79.9. The molecule has 0 unspecified atom stereocenters. The molecule has 0 bridgehead atoms. The number of alkyl halides is 3. The number of aromatic nitrogens is 1. The minimum atomic E-state index is -4.62. The molecule has 0 aliphatic carbocycles. The van der Waals surface area contributed by atoms with Gasteiger partial charge in [0.25, 0.3) is 5.91 Å². The molecular formula is C31H20Br2F3N3O3. The summed E-state index contributed by atoms with van der Waals surface area (Å²) in [5, 5.41) is 4.97. The smallest absolute Gasteiger partial charge is 0.416 e. The van der Waals surface area contributed by atoms with E-state index in [4.69, 9.17) is 4.74 Å². The van der Waals surface area contributed by atoms with E-state index in [1.807, 2.05) is 55.5 Å². The first kappa shape index (κ1) is 29.3. The average molecular weight is 699 g/mol. The van der Waals surface area contributed by atoms with Crippen LogP contribution in [0.5, 0.6) is 5.75 Å². The number of hydrogen-bond acceptors (Lipinski definition) is 4. The quantitative estimate of drug-likeness (QED) is 0.0806. The fourth-order valence-electron chi connectivity index (χ4n) is 4.36. The largest absolute Gasteiger partial charge is 0.421 e. The summed E-state index contributed by atoms with van der Waals surface area (Å²) in [6.07, 6.45) is -3.34. The fourth-order valence-corrected chi connectivity index (χ4v) is 5.69. The molecular weight excluding hydrogens is 679 g/mol. The minimum Gasteiger partial charge on any atom is -0.421 e. The number of rotatable bonds is 6. The van der Waals surface area contributed by atoms with Gasteiger partial charge in [-0.05, 0) is 70.9 Å². The minimum absolute atomic E-state index is 0.00433. The molecule has 0 aliphatic heterocycles. The van der Waals surface area contributed by atoms with E-state index < -0.39 is 23.6 Å². The monoisotopic (exact) mass is 697 g/mol. The highest BCUT2D eigenvalue weighted by molar-refractivity contribution is 9.11. The molecule has 1 aromatic heterocycles. The summed E-state index contributed by atoms with van der Waals surface area (Å²) >= 11 is 6.68. The summed E-state index contributed by atoms with van der Waals surface area (Å²) < 4.78 is 45.8. The molecule has 0 saturated carbocycles. The van der Waals surface area contributed by atoms with Crippen molar-refractivity contribution in [1.82, 2.24) is 10.4 Å². The summed E-state index contributed by atoms with van der Waals surface area (Å²) in [5.41, 5.74) is 5.24. The van der Waals surface area contributed by atoms with Gasteiger partial charge in [-0.15, -0.1) is 0 Å². The maximum Gasteiger partial charge on any atom is 0.416 e. The van der Waals surface area contributed by atoms with E-state index >= 15 is 0 Å². The van der Waals surface area contributed by atoms with E-state index in [1.165, 1.54) is 12.3 Å². The Hall–Kier alpha value is -4.22. The van der Waals surface area contributed by atoms with Crippen LogP contribution in [0.2, 0.25) is 0 Å². The second-order valence-electron chi connectivity index (χ2n) is 9.26. The number of carbonyl (C=O) groups excluding carboxylic acids is 2. The predicted molar refractivity (Wildman–Crippen MR) is 162 cm³/mol. The van der Waals surface area contributed by atoms with Crippen molar-refractivity contribution < 1.29 is 27.5 Å². The van der Waals surface area contributed by atoms with Gasteiger partial charge in [-0.2, -0.15) is 18.3 Å². The molecule has 212 valence electrons. The molecule has 0 spiro atoms. The lowest BCUT2D eigenvalue weighted by molar-refractivity contribution is -0.137. The summed E-state index contributed by atoms with van der Waals surface area (Å²) in [6.45, 7) is 1.97. The molecule has 0 fully saturated rings. The molecule has 0 atom stereocenters. The third-order valence-corrected chi connectivity index (χ3v) is 7.32. The molecule has 2 N–H and O–H groups in total. The van der Waals surface area contributed by atoms with Crippen molar-refractivity contribution in [3.8, 4) is 16.9 Å². The van der Waals surface area contributed by atoms with E-state index in [0.29, 0.717) is 14.6 Å². The Kier molecular flexibility index (Phi) is 8.33. The summed E-state index contributed by atoms with van der Waals surface area (Å²) in [4.78, 5) is 29.3. The lowest BCUT2D eigenvalue weighted by atomic mass is 10.0. The van der Waals surface area contributed by atoms with Gasteiger partial charge in [0, 0.05) is 26.5 Å². The fraction of sp³-hybridized carbons (Fsp3) is 0.0645. The van der Waals surface area contributed by atoms with Crippen LogP contribution >= 0.6 is 31.9 Å². The van der Waals surface area contributed by atoms with E-state index in [0.717, 1.165) is 45.8 Å². The van der Waals surface area contributed by atoms with Gasteiger partial charge < -0.3 is 9.72 Å². The Bertz CT molecular complexity index is 1850. The van der Waals surface area contributed by atoms with E-state index in [1.54, 1.807) is 12.1 Å². The molecule has 11 heteroatoms. The molecule has 0 aliphatic rings. The van der Waals surface area contributed by atoms with Crippen LogP contribution < -0.4 is 10.2 Å². The van der Waals surface area contributed by atoms with Crippen LogP contribution in [0, 0.1) is 6.92 Å². The second-order valence-corrected chi connectivity index (χ2v) is 11.0. The predicted octanol–water partition coefficient (Wildman–Crippen LogP) is 8.67. The van der Waals surface area contributed by atoms with Gasteiger partial charge in [-0.1, -0.05) is 64.0 Å². The Labute approximate surface area is 254 Å². The number of esters is 1. The van der Waals surface area contributed by atoms with Gasteiger partial charge in [-0.25, -0.2) is 10.2 Å². The highest BCUT2D eigenvalue weighted by Crippen LogP contribution is 2.35. The third kappa shape index (κ3) is 6.32.